The maximum Gasteiger partial charge on any atom is 0.291 e. The highest BCUT2D eigenvalue weighted by Crippen LogP contribution is 2.27. The minimum atomic E-state index is -0.638. The summed E-state index contributed by atoms with van der Waals surface area (Å²) in [6.07, 6.45) is 1.40. The molecule has 9 nitrogen and oxygen atoms in total. The fourth-order valence-electron chi connectivity index (χ4n) is 2.31. The first-order chi connectivity index (χ1) is 13.9. The largest absolute Gasteiger partial charge is 0.484 e. The van der Waals surface area contributed by atoms with Gasteiger partial charge in [0.2, 0.25) is 0 Å². The van der Waals surface area contributed by atoms with Crippen LogP contribution in [0.2, 0.25) is 5.02 Å². The monoisotopic (exact) mass is 415 g/mol. The minimum Gasteiger partial charge on any atom is -0.484 e. The Hall–Kier alpha value is -3.85. The van der Waals surface area contributed by atoms with E-state index in [0.717, 1.165) is 6.07 Å². The fourth-order valence-corrected chi connectivity index (χ4v) is 2.50. The van der Waals surface area contributed by atoms with E-state index in [1.54, 1.807) is 36.4 Å². The van der Waals surface area contributed by atoms with Gasteiger partial charge in [-0.2, -0.15) is 0 Å². The molecule has 0 radical (unpaired) electrons. The first kappa shape index (κ1) is 19.9. The molecule has 0 saturated carbocycles. The van der Waals surface area contributed by atoms with Gasteiger partial charge in [0.05, 0.1) is 11.2 Å². The van der Waals surface area contributed by atoms with Crippen LogP contribution in [0.15, 0.2) is 65.3 Å². The molecule has 0 fully saturated rings. The van der Waals surface area contributed by atoms with E-state index in [1.165, 1.54) is 18.4 Å². The Morgan fingerprint density at radius 2 is 1.79 bits per heavy atom. The fraction of sp³-hybridized carbons (Fsp3) is 0.0526. The molecular formula is C19H14ClN3O6. The molecule has 1 heterocycles. The molecule has 3 aromatic rings. The third-order valence-corrected chi connectivity index (χ3v) is 3.97. The predicted octanol–water partition coefficient (Wildman–Crippen LogP) is 4.11. The summed E-state index contributed by atoms with van der Waals surface area (Å²) in [6, 6.07) is 13.5. The lowest BCUT2D eigenvalue weighted by Crippen LogP contribution is -2.20. The third-order valence-electron chi connectivity index (χ3n) is 3.65. The summed E-state index contributed by atoms with van der Waals surface area (Å²) in [5.41, 5.74) is 0.444. The SMILES string of the molecule is O=C(COc1ccc(NC(=O)c2ccco2)cc1)Nc1ccc(Cl)c([N+](=O)[O-])c1. The second kappa shape index (κ2) is 8.89. The van der Waals surface area contributed by atoms with Crippen LogP contribution in [0.25, 0.3) is 0 Å². The summed E-state index contributed by atoms with van der Waals surface area (Å²) in [6.45, 7) is -0.311. The molecule has 0 bridgehead atoms. The van der Waals surface area contributed by atoms with E-state index >= 15 is 0 Å². The Labute approximate surface area is 169 Å². The van der Waals surface area contributed by atoms with Crippen molar-refractivity contribution in [2.24, 2.45) is 0 Å². The molecule has 0 aliphatic heterocycles. The second-order valence-corrected chi connectivity index (χ2v) is 6.12. The van der Waals surface area contributed by atoms with Gasteiger partial charge in [0, 0.05) is 17.4 Å². The van der Waals surface area contributed by atoms with Crippen molar-refractivity contribution in [1.82, 2.24) is 0 Å². The number of hydrogen-bond donors (Lipinski definition) is 2. The van der Waals surface area contributed by atoms with Crippen LogP contribution in [-0.2, 0) is 4.79 Å². The molecule has 10 heteroatoms. The number of furan rings is 1. The standard InChI is InChI=1S/C19H14ClN3O6/c20-15-8-5-13(10-16(15)23(26)27)21-18(24)11-29-14-6-3-12(4-7-14)22-19(25)17-2-1-9-28-17/h1-10H,11H2,(H,21,24)(H,22,25). The number of carbonyl (C=O) groups is 2. The smallest absolute Gasteiger partial charge is 0.291 e. The van der Waals surface area contributed by atoms with Crippen molar-refractivity contribution in [1.29, 1.82) is 0 Å². The third kappa shape index (κ3) is 5.33. The molecule has 148 valence electrons. The first-order valence-corrected chi connectivity index (χ1v) is 8.61. The van der Waals surface area contributed by atoms with Crippen molar-refractivity contribution >= 4 is 40.5 Å². The number of benzene rings is 2. The highest BCUT2D eigenvalue weighted by molar-refractivity contribution is 6.32. The molecule has 2 N–H and O–H groups in total. The van der Waals surface area contributed by atoms with Gasteiger partial charge in [-0.3, -0.25) is 19.7 Å². The quantitative estimate of drug-likeness (QED) is 0.442. The molecule has 0 aliphatic rings. The highest BCUT2D eigenvalue weighted by Gasteiger charge is 2.14. The van der Waals surface area contributed by atoms with E-state index in [2.05, 4.69) is 10.6 Å². The van der Waals surface area contributed by atoms with Gasteiger partial charge in [-0.05, 0) is 48.5 Å². The van der Waals surface area contributed by atoms with Crippen molar-refractivity contribution in [3.8, 4) is 5.75 Å². The predicted molar refractivity (Wildman–Crippen MR) is 105 cm³/mol. The molecule has 29 heavy (non-hydrogen) atoms. The summed E-state index contributed by atoms with van der Waals surface area (Å²) in [5, 5.41) is 16.0. The lowest BCUT2D eigenvalue weighted by atomic mass is 10.2. The van der Waals surface area contributed by atoms with Gasteiger partial charge in [0.15, 0.2) is 12.4 Å². The molecule has 0 atom stereocenters. The van der Waals surface area contributed by atoms with E-state index in [1.807, 2.05) is 0 Å². The maximum absolute atomic E-state index is 12.0. The Balaban J connectivity index is 1.52. The van der Waals surface area contributed by atoms with Gasteiger partial charge in [-0.25, -0.2) is 0 Å². The number of halogens is 1. The molecule has 3 rings (SSSR count). The van der Waals surface area contributed by atoms with Crippen molar-refractivity contribution in [2.75, 3.05) is 17.2 Å². The minimum absolute atomic E-state index is 0.0246. The average Bonchev–Trinajstić information content (AvgIpc) is 3.24. The van der Waals surface area contributed by atoms with Crippen LogP contribution in [0.3, 0.4) is 0 Å². The summed E-state index contributed by atoms with van der Waals surface area (Å²) < 4.78 is 10.4. The van der Waals surface area contributed by atoms with Gasteiger partial charge in [0.25, 0.3) is 17.5 Å². The van der Waals surface area contributed by atoms with Crippen LogP contribution in [0.5, 0.6) is 5.75 Å². The molecule has 0 spiro atoms. The molecular weight excluding hydrogens is 402 g/mol. The van der Waals surface area contributed by atoms with Crippen molar-refractivity contribution < 1.29 is 23.7 Å². The van der Waals surface area contributed by atoms with Crippen molar-refractivity contribution in [3.05, 3.63) is 81.8 Å². The zero-order valence-corrected chi connectivity index (χ0v) is 15.5. The zero-order chi connectivity index (χ0) is 20.8. The highest BCUT2D eigenvalue weighted by atomic mass is 35.5. The average molecular weight is 416 g/mol. The molecule has 0 unspecified atom stereocenters. The van der Waals surface area contributed by atoms with Gasteiger partial charge >= 0.3 is 0 Å². The topological polar surface area (TPSA) is 124 Å². The maximum atomic E-state index is 12.0. The van der Waals surface area contributed by atoms with E-state index in [0.29, 0.717) is 11.4 Å². The molecule has 2 aromatic carbocycles. The number of rotatable bonds is 7. The van der Waals surface area contributed by atoms with E-state index in [-0.39, 0.29) is 34.7 Å². The molecule has 2 amide bonds. The normalized spacial score (nSPS) is 10.2. The number of hydrogen-bond acceptors (Lipinski definition) is 6. The van der Waals surface area contributed by atoms with Gasteiger partial charge in [-0.15, -0.1) is 0 Å². The Morgan fingerprint density at radius 3 is 2.45 bits per heavy atom. The second-order valence-electron chi connectivity index (χ2n) is 5.72. The zero-order valence-electron chi connectivity index (χ0n) is 14.8. The van der Waals surface area contributed by atoms with E-state index < -0.39 is 10.8 Å². The van der Waals surface area contributed by atoms with Crippen LogP contribution in [-0.4, -0.2) is 23.3 Å². The Kier molecular flexibility index (Phi) is 6.10. The summed E-state index contributed by atoms with van der Waals surface area (Å²) in [5.74, 6) is -0.306. The number of carbonyl (C=O) groups excluding carboxylic acids is 2. The number of nitrogens with zero attached hydrogens (tertiary/aromatic N) is 1. The molecule has 1 aromatic heterocycles. The van der Waals surface area contributed by atoms with Crippen LogP contribution in [0.4, 0.5) is 17.1 Å². The number of ether oxygens (including phenoxy) is 1. The lowest BCUT2D eigenvalue weighted by Gasteiger charge is -2.09. The van der Waals surface area contributed by atoms with Crippen LogP contribution < -0.4 is 15.4 Å². The number of nitro benzene ring substituents is 1. The molecule has 0 aliphatic carbocycles. The summed E-state index contributed by atoms with van der Waals surface area (Å²) >= 11 is 5.73. The number of anilines is 2. The van der Waals surface area contributed by atoms with Crippen LogP contribution in [0.1, 0.15) is 10.6 Å². The first-order valence-electron chi connectivity index (χ1n) is 8.24. The number of nitro groups is 1. The van der Waals surface area contributed by atoms with Crippen molar-refractivity contribution in [2.45, 2.75) is 0 Å². The summed E-state index contributed by atoms with van der Waals surface area (Å²) in [7, 11) is 0. The van der Waals surface area contributed by atoms with Crippen molar-refractivity contribution in [3.63, 3.8) is 0 Å². The Bertz CT molecular complexity index is 1030. The number of amides is 2. The van der Waals surface area contributed by atoms with E-state index in [4.69, 9.17) is 20.8 Å². The van der Waals surface area contributed by atoms with Crippen LogP contribution >= 0.6 is 11.6 Å². The van der Waals surface area contributed by atoms with E-state index in [9.17, 15) is 19.7 Å². The number of nitrogens with one attached hydrogen (secondary N) is 2. The Morgan fingerprint density at radius 1 is 1.07 bits per heavy atom. The molecule has 0 saturated heterocycles. The lowest BCUT2D eigenvalue weighted by molar-refractivity contribution is -0.384. The van der Waals surface area contributed by atoms with Gasteiger partial charge in [-0.1, -0.05) is 11.6 Å². The van der Waals surface area contributed by atoms with Crippen LogP contribution in [0, 0.1) is 10.1 Å². The summed E-state index contributed by atoms with van der Waals surface area (Å²) in [4.78, 5) is 34.1. The van der Waals surface area contributed by atoms with Gasteiger partial charge < -0.3 is 19.8 Å². The van der Waals surface area contributed by atoms with Gasteiger partial charge in [0.1, 0.15) is 10.8 Å².